The van der Waals surface area contributed by atoms with Crippen molar-refractivity contribution < 1.29 is 54.1 Å². The van der Waals surface area contributed by atoms with E-state index < -0.39 is 91.5 Å². The molecular formula is C20H34N2O11. The molecule has 0 aromatic heterocycles. The third-order valence-corrected chi connectivity index (χ3v) is 5.60. The van der Waals surface area contributed by atoms with Crippen LogP contribution >= 0.6 is 0 Å². The fourth-order valence-electron chi connectivity index (χ4n) is 3.49. The summed E-state index contributed by atoms with van der Waals surface area (Å²) < 4.78 is 16.5. The third kappa shape index (κ3) is 6.25. The van der Waals surface area contributed by atoms with E-state index in [2.05, 4.69) is 10.6 Å². The number of carbonyl (C=O) groups is 3. The van der Waals surface area contributed by atoms with E-state index in [1.54, 1.807) is 27.7 Å². The first kappa shape index (κ1) is 27.5. The molecule has 33 heavy (non-hydrogen) atoms. The van der Waals surface area contributed by atoms with E-state index in [9.17, 15) is 39.9 Å². The van der Waals surface area contributed by atoms with Crippen LogP contribution < -0.4 is 10.6 Å². The molecule has 2 heterocycles. The first-order valence-corrected chi connectivity index (χ1v) is 10.8. The zero-order chi connectivity index (χ0) is 25.0. The van der Waals surface area contributed by atoms with Crippen LogP contribution in [0.1, 0.15) is 27.7 Å². The van der Waals surface area contributed by atoms with Gasteiger partial charge in [-0.25, -0.2) is 0 Å². The molecule has 2 saturated heterocycles. The first-order valence-electron chi connectivity index (χ1n) is 10.8. The highest BCUT2D eigenvalue weighted by Crippen LogP contribution is 2.28. The Kier molecular flexibility index (Phi) is 9.70. The Labute approximate surface area is 191 Å². The van der Waals surface area contributed by atoms with Gasteiger partial charge in [-0.1, -0.05) is 27.7 Å². The first-order chi connectivity index (χ1) is 15.4. The summed E-state index contributed by atoms with van der Waals surface area (Å²) in [6, 6.07) is -2.69. The fourth-order valence-corrected chi connectivity index (χ4v) is 3.49. The molecular weight excluding hydrogens is 444 g/mol. The van der Waals surface area contributed by atoms with Crippen LogP contribution in [0.3, 0.4) is 0 Å². The predicted octanol–water partition coefficient (Wildman–Crippen LogP) is -3.63. The summed E-state index contributed by atoms with van der Waals surface area (Å²) in [6.45, 7) is 5.69. The van der Waals surface area contributed by atoms with E-state index in [0.29, 0.717) is 0 Å². The molecule has 0 aromatic carbocycles. The van der Waals surface area contributed by atoms with E-state index in [1.807, 2.05) is 0 Å². The molecule has 190 valence electrons. The largest absolute Gasteiger partial charge is 0.394 e. The van der Waals surface area contributed by atoms with Gasteiger partial charge < -0.3 is 55.2 Å². The molecule has 13 nitrogen and oxygen atoms in total. The lowest BCUT2D eigenvalue weighted by Crippen LogP contribution is -2.69. The summed E-state index contributed by atoms with van der Waals surface area (Å²) in [5, 5.41) is 56.3. The lowest BCUT2D eigenvalue weighted by Gasteiger charge is -2.47. The monoisotopic (exact) mass is 478 g/mol. The number of rotatable bonds is 8. The van der Waals surface area contributed by atoms with Gasteiger partial charge in [-0.05, 0) is 0 Å². The van der Waals surface area contributed by atoms with Crippen molar-refractivity contribution in [2.75, 3.05) is 6.61 Å². The van der Waals surface area contributed by atoms with Gasteiger partial charge in [0.05, 0.1) is 6.61 Å². The molecule has 0 aliphatic carbocycles. The average Bonchev–Trinajstić information content (AvgIpc) is 2.76. The maximum Gasteiger partial charge on any atom is 0.223 e. The molecule has 2 aliphatic rings. The van der Waals surface area contributed by atoms with Crippen molar-refractivity contribution in [1.29, 1.82) is 0 Å². The van der Waals surface area contributed by atoms with Crippen LogP contribution in [0.2, 0.25) is 0 Å². The highest BCUT2D eigenvalue weighted by molar-refractivity contribution is 5.78. The predicted molar refractivity (Wildman–Crippen MR) is 109 cm³/mol. The van der Waals surface area contributed by atoms with Gasteiger partial charge >= 0.3 is 0 Å². The maximum atomic E-state index is 12.2. The van der Waals surface area contributed by atoms with Crippen LogP contribution in [0.4, 0.5) is 0 Å². The van der Waals surface area contributed by atoms with E-state index in [4.69, 9.17) is 14.2 Å². The van der Waals surface area contributed by atoms with Gasteiger partial charge in [0.25, 0.3) is 0 Å². The second-order valence-corrected chi connectivity index (χ2v) is 8.80. The van der Waals surface area contributed by atoms with Gasteiger partial charge in [0.2, 0.25) is 11.8 Å². The number of aldehydes is 1. The van der Waals surface area contributed by atoms with Crippen molar-refractivity contribution in [2.45, 2.75) is 89.0 Å². The summed E-state index contributed by atoms with van der Waals surface area (Å²) in [4.78, 5) is 35.7. The molecule has 10 unspecified atom stereocenters. The minimum atomic E-state index is -1.67. The molecule has 0 spiro atoms. The van der Waals surface area contributed by atoms with Crippen molar-refractivity contribution in [3.63, 3.8) is 0 Å². The summed E-state index contributed by atoms with van der Waals surface area (Å²) in [5.41, 5.74) is 0. The Hall–Kier alpha value is -1.71. The second kappa shape index (κ2) is 11.6. The standard InChI is InChI=1S/C20H34N2O11/c1-7(2)17(28)21-11-15(27)16(10(6-24)31-19(11)30)33-20-12(22-18(29)8(3)4)14(26)13(25)9(5-23)32-20/h5,7-16,19-20,24-27,30H,6H2,1-4H3,(H,21,28)(H,22,29). The SMILES string of the molecule is CC(C)C(=O)NC1C(O)OC(CO)C(OC2OC(C=O)C(O)C(O)C2NC(=O)C(C)C)C1O. The summed E-state index contributed by atoms with van der Waals surface area (Å²) in [6.07, 6.45) is -12.1. The second-order valence-electron chi connectivity index (χ2n) is 8.80. The molecule has 0 bridgehead atoms. The van der Waals surface area contributed by atoms with Gasteiger partial charge in [-0.3, -0.25) is 9.59 Å². The molecule has 2 amide bonds. The number of carbonyl (C=O) groups excluding carboxylic acids is 3. The number of hydrogen-bond donors (Lipinski definition) is 7. The van der Waals surface area contributed by atoms with Crippen LogP contribution in [0, 0.1) is 11.8 Å². The molecule has 0 radical (unpaired) electrons. The molecule has 2 rings (SSSR count). The Morgan fingerprint density at radius 1 is 0.909 bits per heavy atom. The Morgan fingerprint density at radius 2 is 1.45 bits per heavy atom. The lowest BCUT2D eigenvalue weighted by molar-refractivity contribution is -0.321. The molecule has 2 aliphatic heterocycles. The molecule has 7 N–H and O–H groups in total. The molecule has 0 aromatic rings. The number of aliphatic hydroxyl groups excluding tert-OH is 5. The number of ether oxygens (including phenoxy) is 3. The van der Waals surface area contributed by atoms with Crippen molar-refractivity contribution >= 4 is 18.1 Å². The smallest absolute Gasteiger partial charge is 0.223 e. The summed E-state index contributed by atoms with van der Waals surface area (Å²) >= 11 is 0. The third-order valence-electron chi connectivity index (χ3n) is 5.60. The lowest BCUT2D eigenvalue weighted by atomic mass is 9.94. The summed E-state index contributed by atoms with van der Waals surface area (Å²) in [5.74, 6) is -1.97. The van der Waals surface area contributed by atoms with Crippen LogP contribution in [0.5, 0.6) is 0 Å². The Balaban J connectivity index is 2.30. The molecule has 0 saturated carbocycles. The number of hydrogen-bond acceptors (Lipinski definition) is 11. The van der Waals surface area contributed by atoms with Crippen molar-refractivity contribution in [3.05, 3.63) is 0 Å². The summed E-state index contributed by atoms with van der Waals surface area (Å²) in [7, 11) is 0. The number of amides is 2. The van der Waals surface area contributed by atoms with Crippen LogP contribution in [0.15, 0.2) is 0 Å². The Morgan fingerprint density at radius 3 is 1.94 bits per heavy atom. The molecule has 13 heteroatoms. The van der Waals surface area contributed by atoms with Gasteiger partial charge in [0.1, 0.15) is 48.7 Å². The van der Waals surface area contributed by atoms with Gasteiger partial charge in [-0.2, -0.15) is 0 Å². The van der Waals surface area contributed by atoms with E-state index in [0.717, 1.165) is 0 Å². The number of aliphatic hydroxyl groups is 5. The number of nitrogens with one attached hydrogen (secondary N) is 2. The van der Waals surface area contributed by atoms with Gasteiger partial charge in [0, 0.05) is 11.8 Å². The van der Waals surface area contributed by atoms with Crippen LogP contribution in [-0.2, 0) is 28.6 Å². The fraction of sp³-hybridized carbons (Fsp3) is 0.850. The highest BCUT2D eigenvalue weighted by atomic mass is 16.7. The topological polar surface area (TPSA) is 204 Å². The Bertz CT molecular complexity index is 691. The quantitative estimate of drug-likeness (QED) is 0.170. The molecule has 10 atom stereocenters. The zero-order valence-electron chi connectivity index (χ0n) is 18.9. The van der Waals surface area contributed by atoms with Crippen molar-refractivity contribution in [1.82, 2.24) is 10.6 Å². The minimum absolute atomic E-state index is 0.247. The van der Waals surface area contributed by atoms with Crippen LogP contribution in [0.25, 0.3) is 0 Å². The van der Waals surface area contributed by atoms with E-state index in [1.165, 1.54) is 0 Å². The molecule has 2 fully saturated rings. The van der Waals surface area contributed by atoms with Crippen molar-refractivity contribution in [3.8, 4) is 0 Å². The average molecular weight is 478 g/mol. The van der Waals surface area contributed by atoms with Crippen molar-refractivity contribution in [2.24, 2.45) is 11.8 Å². The van der Waals surface area contributed by atoms with E-state index in [-0.39, 0.29) is 6.29 Å². The van der Waals surface area contributed by atoms with Gasteiger partial charge in [0.15, 0.2) is 18.9 Å². The van der Waals surface area contributed by atoms with E-state index >= 15 is 0 Å². The normalized spacial score (nSPS) is 39.4. The highest BCUT2D eigenvalue weighted by Gasteiger charge is 2.51. The van der Waals surface area contributed by atoms with Gasteiger partial charge in [-0.15, -0.1) is 0 Å². The zero-order valence-corrected chi connectivity index (χ0v) is 18.9. The minimum Gasteiger partial charge on any atom is -0.394 e. The van der Waals surface area contributed by atoms with Crippen LogP contribution in [-0.4, -0.2) is 112 Å². The maximum absolute atomic E-state index is 12.2.